The van der Waals surface area contributed by atoms with Crippen molar-refractivity contribution in [1.29, 1.82) is 0 Å². The van der Waals surface area contributed by atoms with Crippen LogP contribution < -0.4 is 15.5 Å². The predicted octanol–water partition coefficient (Wildman–Crippen LogP) is 3.70. The zero-order valence-corrected chi connectivity index (χ0v) is 20.2. The first-order valence-electron chi connectivity index (χ1n) is 11.0. The minimum atomic E-state index is -3.35. The fourth-order valence-electron chi connectivity index (χ4n) is 3.73. The number of para-hydroxylation sites is 1. The summed E-state index contributed by atoms with van der Waals surface area (Å²) in [5.74, 6) is -0.201. The first-order valence-corrected chi connectivity index (χ1v) is 13.1. The van der Waals surface area contributed by atoms with Crippen LogP contribution in [0.25, 0.3) is 11.4 Å². The monoisotopic (exact) mass is 499 g/mol. The first-order chi connectivity index (χ1) is 16.7. The highest BCUT2D eigenvalue weighted by atomic mass is 32.2. The van der Waals surface area contributed by atoms with Gasteiger partial charge in [0.1, 0.15) is 11.6 Å². The van der Waals surface area contributed by atoms with Gasteiger partial charge in [-0.15, -0.1) is 0 Å². The molecule has 2 aromatic carbocycles. The summed E-state index contributed by atoms with van der Waals surface area (Å²) in [5, 5.41) is 5.11. The van der Waals surface area contributed by atoms with Crippen LogP contribution in [0, 0.1) is 5.82 Å². The van der Waals surface area contributed by atoms with Gasteiger partial charge in [-0.2, -0.15) is 0 Å². The highest BCUT2D eigenvalue weighted by Crippen LogP contribution is 2.26. The lowest BCUT2D eigenvalue weighted by molar-refractivity contribution is 0.0985. The minimum Gasteiger partial charge on any atom is -0.377 e. The number of aromatic nitrogens is 2. The molecular weight excluding hydrogens is 473 g/mol. The summed E-state index contributed by atoms with van der Waals surface area (Å²) in [4.78, 5) is 23.2. The molecule has 0 spiro atoms. The number of urea groups is 1. The summed E-state index contributed by atoms with van der Waals surface area (Å²) in [6, 6.07) is 14.1. The number of hydrogen-bond acceptors (Lipinski definition) is 7. The summed E-state index contributed by atoms with van der Waals surface area (Å²) < 4.78 is 44.3. The van der Waals surface area contributed by atoms with Gasteiger partial charge < -0.3 is 20.3 Å². The van der Waals surface area contributed by atoms with Crippen molar-refractivity contribution in [2.45, 2.75) is 18.7 Å². The standard InChI is InChI=1S/C24H26FN5O4S/c1-16-14-34-11-10-30(16)22-13-19(15-35(2,32)33)26-23(29-22)17-8-9-21(20(25)12-17)28-24(31)27-18-6-4-3-5-7-18/h3-9,12-13,16H,10-11,14-15H2,1-2H3,(H2,27,28,31)/t16-/m0/s1. The van der Waals surface area contributed by atoms with E-state index in [1.165, 1.54) is 12.1 Å². The molecule has 35 heavy (non-hydrogen) atoms. The van der Waals surface area contributed by atoms with Gasteiger partial charge in [0.05, 0.1) is 36.4 Å². The van der Waals surface area contributed by atoms with Crippen molar-refractivity contribution in [3.8, 4) is 11.4 Å². The zero-order valence-electron chi connectivity index (χ0n) is 19.4. The first kappa shape index (κ1) is 24.6. The van der Waals surface area contributed by atoms with Gasteiger partial charge in [-0.3, -0.25) is 0 Å². The second-order valence-corrected chi connectivity index (χ2v) is 10.5. The maximum Gasteiger partial charge on any atom is 0.323 e. The Labute approximate surface area is 203 Å². The molecule has 3 aromatic rings. The highest BCUT2D eigenvalue weighted by molar-refractivity contribution is 7.89. The van der Waals surface area contributed by atoms with Crippen molar-refractivity contribution in [3.05, 3.63) is 66.1 Å². The third-order valence-corrected chi connectivity index (χ3v) is 6.16. The van der Waals surface area contributed by atoms with E-state index in [0.717, 1.165) is 6.26 Å². The van der Waals surface area contributed by atoms with E-state index in [-0.39, 0.29) is 23.3 Å². The molecular formula is C24H26FN5O4S. The summed E-state index contributed by atoms with van der Waals surface area (Å²) >= 11 is 0. The van der Waals surface area contributed by atoms with Gasteiger partial charge >= 0.3 is 6.03 Å². The molecule has 1 aliphatic heterocycles. The molecule has 4 rings (SSSR count). The third-order valence-electron chi connectivity index (χ3n) is 5.34. The Morgan fingerprint density at radius 3 is 2.60 bits per heavy atom. The molecule has 1 atom stereocenters. The number of sulfone groups is 1. The fraction of sp³-hybridized carbons (Fsp3) is 0.292. The average molecular weight is 500 g/mol. The second kappa shape index (κ2) is 10.4. The minimum absolute atomic E-state index is 0.0171. The number of nitrogens with zero attached hydrogens (tertiary/aromatic N) is 3. The molecule has 0 bridgehead atoms. The normalized spacial score (nSPS) is 16.1. The lowest BCUT2D eigenvalue weighted by atomic mass is 10.1. The fourth-order valence-corrected chi connectivity index (χ4v) is 4.42. The summed E-state index contributed by atoms with van der Waals surface area (Å²) in [6.07, 6.45) is 1.13. The topological polar surface area (TPSA) is 114 Å². The van der Waals surface area contributed by atoms with Gasteiger partial charge in [0.25, 0.3) is 0 Å². The number of rotatable bonds is 6. The third kappa shape index (κ3) is 6.52. The number of amides is 2. The Morgan fingerprint density at radius 1 is 1.14 bits per heavy atom. The number of anilines is 3. The lowest BCUT2D eigenvalue weighted by Crippen LogP contribution is -2.44. The Balaban J connectivity index is 1.61. The van der Waals surface area contributed by atoms with Crippen LogP contribution in [-0.2, 0) is 20.3 Å². The van der Waals surface area contributed by atoms with E-state index in [1.54, 1.807) is 36.4 Å². The number of carbonyl (C=O) groups is 1. The molecule has 0 aliphatic carbocycles. The molecule has 1 aliphatic rings. The van der Waals surface area contributed by atoms with E-state index >= 15 is 0 Å². The Hall–Kier alpha value is -3.57. The largest absolute Gasteiger partial charge is 0.377 e. The van der Waals surface area contributed by atoms with Crippen molar-refractivity contribution >= 4 is 33.1 Å². The quantitative estimate of drug-likeness (QED) is 0.532. The number of nitrogens with one attached hydrogen (secondary N) is 2. The smallest absolute Gasteiger partial charge is 0.323 e. The van der Waals surface area contributed by atoms with Crippen LogP contribution in [-0.4, -0.2) is 56.5 Å². The number of morpholine rings is 1. The second-order valence-electron chi connectivity index (χ2n) is 8.37. The summed E-state index contributed by atoms with van der Waals surface area (Å²) in [7, 11) is -3.35. The molecule has 11 heteroatoms. The van der Waals surface area contributed by atoms with Crippen LogP contribution in [0.15, 0.2) is 54.6 Å². The molecule has 2 heterocycles. The van der Waals surface area contributed by atoms with E-state index < -0.39 is 21.7 Å². The van der Waals surface area contributed by atoms with Crippen molar-refractivity contribution < 1.29 is 22.3 Å². The Kier molecular flexibility index (Phi) is 7.27. The molecule has 1 fully saturated rings. The van der Waals surface area contributed by atoms with Crippen molar-refractivity contribution in [1.82, 2.24) is 9.97 Å². The van der Waals surface area contributed by atoms with Crippen LogP contribution in [0.2, 0.25) is 0 Å². The van der Waals surface area contributed by atoms with Gasteiger partial charge in [-0.1, -0.05) is 18.2 Å². The number of carbonyl (C=O) groups excluding carboxylic acids is 1. The summed E-state index contributed by atoms with van der Waals surface area (Å²) in [5.41, 5.74) is 1.23. The number of halogens is 1. The van der Waals surface area contributed by atoms with E-state index in [2.05, 4.69) is 20.6 Å². The van der Waals surface area contributed by atoms with Crippen molar-refractivity contribution in [3.63, 3.8) is 0 Å². The molecule has 0 radical (unpaired) electrons. The van der Waals surface area contributed by atoms with Gasteiger partial charge in [0, 0.05) is 30.1 Å². The maximum atomic E-state index is 14.9. The molecule has 1 saturated heterocycles. The SMILES string of the molecule is C[C@H]1COCCN1c1cc(CS(C)(=O)=O)nc(-c2ccc(NC(=O)Nc3ccccc3)c(F)c2)n1. The van der Waals surface area contributed by atoms with Crippen molar-refractivity contribution in [2.75, 3.05) is 41.5 Å². The summed E-state index contributed by atoms with van der Waals surface area (Å²) in [6.45, 7) is 3.60. The predicted molar refractivity (Wildman–Crippen MR) is 133 cm³/mol. The van der Waals surface area contributed by atoms with E-state index in [1.807, 2.05) is 17.9 Å². The molecule has 9 nitrogen and oxygen atoms in total. The van der Waals surface area contributed by atoms with Gasteiger partial charge in [-0.05, 0) is 37.3 Å². The number of benzene rings is 2. The van der Waals surface area contributed by atoms with Gasteiger partial charge in [-0.25, -0.2) is 27.6 Å². The molecule has 2 amide bonds. The molecule has 2 N–H and O–H groups in total. The van der Waals surface area contributed by atoms with Crippen LogP contribution in [0.3, 0.4) is 0 Å². The van der Waals surface area contributed by atoms with Crippen LogP contribution in [0.5, 0.6) is 0 Å². The van der Waals surface area contributed by atoms with Gasteiger partial charge in [0.2, 0.25) is 0 Å². The molecule has 0 saturated carbocycles. The van der Waals surface area contributed by atoms with Crippen molar-refractivity contribution in [2.24, 2.45) is 0 Å². The van der Waals surface area contributed by atoms with E-state index in [0.29, 0.717) is 42.5 Å². The Morgan fingerprint density at radius 2 is 1.91 bits per heavy atom. The molecule has 1 aromatic heterocycles. The molecule has 0 unspecified atom stereocenters. The van der Waals surface area contributed by atoms with Crippen LogP contribution in [0.4, 0.5) is 26.4 Å². The number of hydrogen-bond donors (Lipinski definition) is 2. The average Bonchev–Trinajstić information content (AvgIpc) is 2.80. The zero-order chi connectivity index (χ0) is 25.0. The number of ether oxygens (including phenoxy) is 1. The highest BCUT2D eigenvalue weighted by Gasteiger charge is 2.23. The Bertz CT molecular complexity index is 1320. The van der Waals surface area contributed by atoms with Crippen LogP contribution >= 0.6 is 0 Å². The molecule has 184 valence electrons. The van der Waals surface area contributed by atoms with E-state index in [4.69, 9.17) is 4.74 Å². The lowest BCUT2D eigenvalue weighted by Gasteiger charge is -2.34. The van der Waals surface area contributed by atoms with E-state index in [9.17, 15) is 17.6 Å². The maximum absolute atomic E-state index is 14.9. The van der Waals surface area contributed by atoms with Gasteiger partial charge in [0.15, 0.2) is 15.7 Å². The van der Waals surface area contributed by atoms with Crippen LogP contribution in [0.1, 0.15) is 12.6 Å².